The van der Waals surface area contributed by atoms with Gasteiger partial charge in [0, 0.05) is 12.0 Å². The molecular weight excluding hydrogens is 339 g/mol. The summed E-state index contributed by atoms with van der Waals surface area (Å²) >= 11 is 0. The van der Waals surface area contributed by atoms with Crippen molar-refractivity contribution in [2.75, 3.05) is 0 Å². The largest absolute Gasteiger partial charge is 0.417 e. The van der Waals surface area contributed by atoms with Crippen molar-refractivity contribution >= 4 is 5.65 Å². The Bertz CT molecular complexity index is 1050. The third-order valence-corrected chi connectivity index (χ3v) is 4.11. The highest BCUT2D eigenvalue weighted by Gasteiger charge is 2.33. The molecule has 4 aromatic rings. The number of aromatic nitrogens is 3. The molecule has 0 saturated heterocycles. The Morgan fingerprint density at radius 2 is 1.58 bits per heavy atom. The molecule has 0 saturated carbocycles. The molecule has 0 aliphatic carbocycles. The Morgan fingerprint density at radius 1 is 0.846 bits per heavy atom. The third kappa shape index (κ3) is 3.18. The minimum absolute atomic E-state index is 0.0557. The van der Waals surface area contributed by atoms with Crippen molar-refractivity contribution < 1.29 is 13.2 Å². The predicted molar refractivity (Wildman–Crippen MR) is 92.7 cm³/mol. The van der Waals surface area contributed by atoms with Gasteiger partial charge in [-0.2, -0.15) is 18.3 Å². The number of hydrogen-bond acceptors (Lipinski definition) is 2. The second kappa shape index (κ2) is 6.29. The summed E-state index contributed by atoms with van der Waals surface area (Å²) in [6, 6.07) is 18.6. The summed E-state index contributed by atoms with van der Waals surface area (Å²) in [5.41, 5.74) is 2.14. The number of rotatable bonds is 3. The molecule has 0 atom stereocenters. The molecular formula is C20H14F3N3. The van der Waals surface area contributed by atoms with E-state index in [4.69, 9.17) is 0 Å². The number of fused-ring (bicyclic) bond motifs is 1. The van der Waals surface area contributed by atoms with Crippen molar-refractivity contribution in [1.29, 1.82) is 0 Å². The quantitative estimate of drug-likeness (QED) is 0.518. The number of nitrogens with zero attached hydrogens (tertiary/aromatic N) is 3. The molecule has 2 aromatic heterocycles. The van der Waals surface area contributed by atoms with Crippen LogP contribution in [0.2, 0.25) is 0 Å². The molecule has 0 N–H and O–H groups in total. The SMILES string of the molecule is FC(F)(F)c1ccccc1-c1ccc2nc(Cc3ccccc3)cn2n1. The van der Waals surface area contributed by atoms with Gasteiger partial charge in [0.25, 0.3) is 0 Å². The first-order valence-corrected chi connectivity index (χ1v) is 8.06. The van der Waals surface area contributed by atoms with Crippen LogP contribution in [0, 0.1) is 0 Å². The van der Waals surface area contributed by atoms with Crippen LogP contribution in [0.3, 0.4) is 0 Å². The lowest BCUT2D eigenvalue weighted by Crippen LogP contribution is -2.07. The first kappa shape index (κ1) is 16.3. The van der Waals surface area contributed by atoms with E-state index in [0.29, 0.717) is 12.1 Å². The molecule has 0 spiro atoms. The van der Waals surface area contributed by atoms with Crippen LogP contribution >= 0.6 is 0 Å². The van der Waals surface area contributed by atoms with Crippen LogP contribution in [0.15, 0.2) is 72.9 Å². The van der Waals surface area contributed by atoms with Crippen LogP contribution < -0.4 is 0 Å². The average molecular weight is 353 g/mol. The van der Waals surface area contributed by atoms with Crippen LogP contribution in [0.25, 0.3) is 16.9 Å². The van der Waals surface area contributed by atoms with Crippen molar-refractivity contribution in [2.45, 2.75) is 12.6 Å². The zero-order chi connectivity index (χ0) is 18.1. The van der Waals surface area contributed by atoms with E-state index in [-0.39, 0.29) is 11.3 Å². The van der Waals surface area contributed by atoms with Crippen molar-refractivity contribution in [2.24, 2.45) is 0 Å². The van der Waals surface area contributed by atoms with E-state index in [9.17, 15) is 13.2 Å². The normalized spacial score (nSPS) is 11.8. The van der Waals surface area contributed by atoms with E-state index in [1.807, 2.05) is 30.3 Å². The van der Waals surface area contributed by atoms with Crippen LogP contribution in [0.4, 0.5) is 13.2 Å². The maximum Gasteiger partial charge on any atom is 0.417 e. The molecule has 0 bridgehead atoms. The average Bonchev–Trinajstić information content (AvgIpc) is 3.03. The van der Waals surface area contributed by atoms with Gasteiger partial charge in [-0.15, -0.1) is 0 Å². The van der Waals surface area contributed by atoms with Crippen molar-refractivity contribution in [3.05, 3.63) is 89.7 Å². The van der Waals surface area contributed by atoms with Gasteiger partial charge in [-0.1, -0.05) is 48.5 Å². The highest BCUT2D eigenvalue weighted by atomic mass is 19.4. The van der Waals surface area contributed by atoms with Crippen molar-refractivity contribution in [1.82, 2.24) is 14.6 Å². The Kier molecular flexibility index (Phi) is 3.95. The topological polar surface area (TPSA) is 30.2 Å². The predicted octanol–water partition coefficient (Wildman–Crippen LogP) is 5.01. The fraction of sp³-hybridized carbons (Fsp3) is 0.100. The van der Waals surface area contributed by atoms with E-state index < -0.39 is 11.7 Å². The monoisotopic (exact) mass is 353 g/mol. The molecule has 130 valence electrons. The van der Waals surface area contributed by atoms with Crippen molar-refractivity contribution in [3.8, 4) is 11.3 Å². The van der Waals surface area contributed by atoms with Gasteiger partial charge in [0.15, 0.2) is 5.65 Å². The smallest absolute Gasteiger partial charge is 0.232 e. The third-order valence-electron chi connectivity index (χ3n) is 4.11. The molecule has 0 aliphatic heterocycles. The summed E-state index contributed by atoms with van der Waals surface area (Å²) in [6.45, 7) is 0. The Labute approximate surface area is 147 Å². The van der Waals surface area contributed by atoms with Crippen LogP contribution in [-0.2, 0) is 12.6 Å². The molecule has 0 fully saturated rings. The summed E-state index contributed by atoms with van der Waals surface area (Å²) in [7, 11) is 0. The number of alkyl halides is 3. The maximum absolute atomic E-state index is 13.2. The Balaban J connectivity index is 1.73. The first-order valence-electron chi connectivity index (χ1n) is 8.06. The Hall–Kier alpha value is -3.15. The highest BCUT2D eigenvalue weighted by Crippen LogP contribution is 2.36. The summed E-state index contributed by atoms with van der Waals surface area (Å²) in [5, 5.41) is 4.34. The van der Waals surface area contributed by atoms with E-state index in [1.54, 1.807) is 24.4 Å². The van der Waals surface area contributed by atoms with Gasteiger partial charge in [-0.05, 0) is 23.8 Å². The molecule has 4 rings (SSSR count). The second-order valence-electron chi connectivity index (χ2n) is 5.96. The van der Waals surface area contributed by atoms with Crippen LogP contribution in [0.5, 0.6) is 0 Å². The second-order valence-corrected chi connectivity index (χ2v) is 5.96. The lowest BCUT2D eigenvalue weighted by Gasteiger charge is -2.12. The summed E-state index contributed by atoms with van der Waals surface area (Å²) < 4.78 is 41.3. The standard InChI is InChI=1S/C20H14F3N3/c21-20(22,23)17-9-5-4-8-16(17)18-10-11-19-24-15(13-26(19)25-18)12-14-6-2-1-3-7-14/h1-11,13H,12H2. The maximum atomic E-state index is 13.2. The lowest BCUT2D eigenvalue weighted by atomic mass is 10.0. The molecule has 0 amide bonds. The number of benzene rings is 2. The fourth-order valence-electron chi connectivity index (χ4n) is 2.92. The number of hydrogen-bond donors (Lipinski definition) is 0. The zero-order valence-electron chi connectivity index (χ0n) is 13.6. The highest BCUT2D eigenvalue weighted by molar-refractivity contribution is 5.65. The summed E-state index contributed by atoms with van der Waals surface area (Å²) in [4.78, 5) is 4.49. The Morgan fingerprint density at radius 3 is 2.35 bits per heavy atom. The molecule has 0 radical (unpaired) electrons. The minimum Gasteiger partial charge on any atom is -0.232 e. The van der Waals surface area contributed by atoms with Gasteiger partial charge in [0.05, 0.1) is 23.1 Å². The van der Waals surface area contributed by atoms with Gasteiger partial charge in [-0.3, -0.25) is 0 Å². The van der Waals surface area contributed by atoms with Crippen molar-refractivity contribution in [3.63, 3.8) is 0 Å². The van der Waals surface area contributed by atoms with E-state index >= 15 is 0 Å². The fourth-order valence-corrected chi connectivity index (χ4v) is 2.92. The van der Waals surface area contributed by atoms with E-state index in [1.165, 1.54) is 16.6 Å². The van der Waals surface area contributed by atoms with Crippen LogP contribution in [0.1, 0.15) is 16.8 Å². The number of halogens is 3. The van der Waals surface area contributed by atoms with E-state index in [0.717, 1.165) is 17.3 Å². The van der Waals surface area contributed by atoms with Gasteiger partial charge < -0.3 is 0 Å². The van der Waals surface area contributed by atoms with Gasteiger partial charge in [0.1, 0.15) is 0 Å². The number of imidazole rings is 1. The van der Waals surface area contributed by atoms with Gasteiger partial charge in [-0.25, -0.2) is 9.50 Å². The molecule has 0 unspecified atom stereocenters. The molecule has 6 heteroatoms. The molecule has 3 nitrogen and oxygen atoms in total. The summed E-state index contributed by atoms with van der Waals surface area (Å²) in [6.07, 6.45) is -2.04. The lowest BCUT2D eigenvalue weighted by molar-refractivity contribution is -0.137. The molecule has 26 heavy (non-hydrogen) atoms. The first-order chi connectivity index (χ1) is 12.5. The van der Waals surface area contributed by atoms with Crippen LogP contribution in [-0.4, -0.2) is 14.6 Å². The van der Waals surface area contributed by atoms with E-state index in [2.05, 4.69) is 10.1 Å². The van der Waals surface area contributed by atoms with Gasteiger partial charge >= 0.3 is 6.18 Å². The summed E-state index contributed by atoms with van der Waals surface area (Å²) in [5.74, 6) is 0. The zero-order valence-corrected chi connectivity index (χ0v) is 13.6. The molecule has 2 heterocycles. The molecule has 0 aliphatic rings. The molecule has 2 aromatic carbocycles. The minimum atomic E-state index is -4.43. The van der Waals surface area contributed by atoms with Gasteiger partial charge in [0.2, 0.25) is 0 Å².